The van der Waals surface area contributed by atoms with Crippen LogP contribution >= 0.6 is 11.6 Å². The van der Waals surface area contributed by atoms with Crippen molar-refractivity contribution in [2.24, 2.45) is 0 Å². The van der Waals surface area contributed by atoms with Gasteiger partial charge in [-0.2, -0.15) is 0 Å². The van der Waals surface area contributed by atoms with Gasteiger partial charge >= 0.3 is 0 Å². The highest BCUT2D eigenvalue weighted by atomic mass is 35.5. The number of piperidine rings is 1. The first kappa shape index (κ1) is 23.1. The predicted molar refractivity (Wildman–Crippen MR) is 132 cm³/mol. The van der Waals surface area contributed by atoms with E-state index in [0.29, 0.717) is 27.7 Å². The first-order chi connectivity index (χ1) is 15.8. The number of hydrogen-bond acceptors (Lipinski definition) is 5. The van der Waals surface area contributed by atoms with Crippen LogP contribution in [0, 0.1) is 6.92 Å². The van der Waals surface area contributed by atoms with Crippen LogP contribution in [-0.4, -0.2) is 32.4 Å². The monoisotopic (exact) mass is 484 g/mol. The molecule has 4 rings (SSSR count). The molecule has 0 aliphatic carbocycles. The third-order valence-corrected chi connectivity index (χ3v) is 7.38. The summed E-state index contributed by atoms with van der Waals surface area (Å²) < 4.78 is 28.6. The lowest BCUT2D eigenvalue weighted by Gasteiger charge is -2.29. The van der Waals surface area contributed by atoms with Crippen LogP contribution in [0.25, 0.3) is 0 Å². The molecular formula is C24H25ClN4O3S. The zero-order chi connectivity index (χ0) is 23.4. The maximum absolute atomic E-state index is 13.1. The number of nitrogens with one attached hydrogen (secondary N) is 2. The quantitative estimate of drug-likeness (QED) is 0.508. The molecule has 33 heavy (non-hydrogen) atoms. The summed E-state index contributed by atoms with van der Waals surface area (Å²) in [6.07, 6.45) is 4.98. The lowest BCUT2D eigenvalue weighted by molar-refractivity contribution is 0.102. The average molecular weight is 485 g/mol. The van der Waals surface area contributed by atoms with E-state index < -0.39 is 10.0 Å². The fourth-order valence-corrected chi connectivity index (χ4v) is 5.43. The van der Waals surface area contributed by atoms with E-state index in [1.165, 1.54) is 12.5 Å². The number of benzene rings is 2. The van der Waals surface area contributed by atoms with E-state index in [-0.39, 0.29) is 16.5 Å². The number of pyridine rings is 1. The molecule has 2 N–H and O–H groups in total. The van der Waals surface area contributed by atoms with Crippen LogP contribution in [0.1, 0.15) is 35.2 Å². The van der Waals surface area contributed by atoms with Crippen molar-refractivity contribution in [2.75, 3.05) is 28.0 Å². The third kappa shape index (κ3) is 5.29. The Balaban J connectivity index is 1.59. The fraction of sp³-hybridized carbons (Fsp3) is 0.250. The molecular weight excluding hydrogens is 460 g/mol. The van der Waals surface area contributed by atoms with Crippen molar-refractivity contribution in [1.82, 2.24) is 4.98 Å². The van der Waals surface area contributed by atoms with Gasteiger partial charge in [-0.15, -0.1) is 0 Å². The Morgan fingerprint density at radius 3 is 2.55 bits per heavy atom. The van der Waals surface area contributed by atoms with Crippen molar-refractivity contribution in [2.45, 2.75) is 31.1 Å². The van der Waals surface area contributed by atoms with Crippen LogP contribution in [0.3, 0.4) is 0 Å². The molecule has 1 aliphatic heterocycles. The highest BCUT2D eigenvalue weighted by Crippen LogP contribution is 2.28. The zero-order valence-electron chi connectivity index (χ0n) is 18.2. The van der Waals surface area contributed by atoms with Crippen LogP contribution < -0.4 is 14.9 Å². The second-order valence-electron chi connectivity index (χ2n) is 7.94. The Hall–Kier alpha value is -3.10. The number of aromatic nitrogens is 1. The standard InChI is InChI=1S/C24H25ClN4O3S/c1-17-11-12-18(16-22(17)33(31,32)28-21-10-4-3-9-20(21)25)27-24(30)19-8-7-13-26-23(19)29-14-5-2-6-15-29/h3-4,7-13,16,28H,2,5-6,14-15H2,1H3,(H,27,30). The lowest BCUT2D eigenvalue weighted by atomic mass is 10.1. The van der Waals surface area contributed by atoms with Crippen LogP contribution in [0.15, 0.2) is 65.7 Å². The maximum Gasteiger partial charge on any atom is 0.262 e. The van der Waals surface area contributed by atoms with Gasteiger partial charge in [0.15, 0.2) is 0 Å². The van der Waals surface area contributed by atoms with Crippen molar-refractivity contribution in [3.05, 3.63) is 76.9 Å². The largest absolute Gasteiger partial charge is 0.356 e. The number of carbonyl (C=O) groups excluding carboxylic acids is 1. The van der Waals surface area contributed by atoms with Crippen LogP contribution in [-0.2, 0) is 10.0 Å². The Kier molecular flexibility index (Phi) is 6.85. The average Bonchev–Trinajstić information content (AvgIpc) is 2.82. The van der Waals surface area contributed by atoms with Gasteiger partial charge in [-0.05, 0) is 68.1 Å². The summed E-state index contributed by atoms with van der Waals surface area (Å²) >= 11 is 6.11. The van der Waals surface area contributed by atoms with E-state index in [1.807, 2.05) is 0 Å². The van der Waals surface area contributed by atoms with E-state index in [1.54, 1.807) is 61.7 Å². The number of halogens is 1. The SMILES string of the molecule is Cc1ccc(NC(=O)c2cccnc2N2CCCCC2)cc1S(=O)(=O)Nc1ccccc1Cl. The molecule has 2 heterocycles. The molecule has 3 aromatic rings. The molecule has 1 aliphatic rings. The van der Waals surface area contributed by atoms with Gasteiger partial charge in [-0.1, -0.05) is 29.8 Å². The highest BCUT2D eigenvalue weighted by Gasteiger charge is 2.22. The number of carbonyl (C=O) groups is 1. The molecule has 1 amide bonds. The summed E-state index contributed by atoms with van der Waals surface area (Å²) in [7, 11) is -3.92. The van der Waals surface area contributed by atoms with Gasteiger partial charge < -0.3 is 10.2 Å². The number of anilines is 3. The van der Waals surface area contributed by atoms with Gasteiger partial charge in [0, 0.05) is 25.0 Å². The number of aryl methyl sites for hydroxylation is 1. The Morgan fingerprint density at radius 1 is 1.03 bits per heavy atom. The summed E-state index contributed by atoms with van der Waals surface area (Å²) in [6, 6.07) is 14.9. The molecule has 0 bridgehead atoms. The van der Waals surface area contributed by atoms with E-state index >= 15 is 0 Å². The van der Waals surface area contributed by atoms with Gasteiger partial charge in [-0.25, -0.2) is 13.4 Å². The molecule has 9 heteroatoms. The van der Waals surface area contributed by atoms with Crippen LogP contribution in [0.4, 0.5) is 17.2 Å². The van der Waals surface area contributed by atoms with Gasteiger partial charge in [0.25, 0.3) is 15.9 Å². The number of nitrogens with zero attached hydrogens (tertiary/aromatic N) is 2. The Bertz CT molecular complexity index is 1270. The number of sulfonamides is 1. The first-order valence-corrected chi connectivity index (χ1v) is 12.6. The van der Waals surface area contributed by atoms with Crippen molar-refractivity contribution in [3.8, 4) is 0 Å². The van der Waals surface area contributed by atoms with Crippen molar-refractivity contribution in [1.29, 1.82) is 0 Å². The molecule has 1 fully saturated rings. The summed E-state index contributed by atoms with van der Waals surface area (Å²) in [6.45, 7) is 3.41. The number of hydrogen-bond donors (Lipinski definition) is 2. The second kappa shape index (κ2) is 9.80. The number of amides is 1. The summed E-state index contributed by atoms with van der Waals surface area (Å²) in [4.78, 5) is 19.7. The molecule has 0 unspecified atom stereocenters. The normalized spacial score (nSPS) is 14.1. The topological polar surface area (TPSA) is 91.4 Å². The fourth-order valence-electron chi connectivity index (χ4n) is 3.84. The van der Waals surface area contributed by atoms with Crippen LogP contribution in [0.5, 0.6) is 0 Å². The minimum Gasteiger partial charge on any atom is -0.356 e. The molecule has 0 atom stereocenters. The predicted octanol–water partition coefficient (Wildman–Crippen LogP) is 5.09. The maximum atomic E-state index is 13.1. The molecule has 7 nitrogen and oxygen atoms in total. The second-order valence-corrected chi connectivity index (χ2v) is 10.0. The summed E-state index contributed by atoms with van der Waals surface area (Å²) in [5.41, 5.74) is 1.66. The number of para-hydroxylation sites is 1. The Labute approximate surface area is 198 Å². The van der Waals surface area contributed by atoms with E-state index in [0.717, 1.165) is 25.9 Å². The molecule has 0 radical (unpaired) electrons. The lowest BCUT2D eigenvalue weighted by Crippen LogP contribution is -2.32. The molecule has 1 saturated heterocycles. The minimum absolute atomic E-state index is 0.0580. The van der Waals surface area contributed by atoms with E-state index in [2.05, 4.69) is 19.9 Å². The van der Waals surface area contributed by atoms with Gasteiger partial charge in [0.1, 0.15) is 5.82 Å². The first-order valence-electron chi connectivity index (χ1n) is 10.7. The molecule has 1 aromatic heterocycles. The summed E-state index contributed by atoms with van der Waals surface area (Å²) in [5.74, 6) is 0.310. The smallest absolute Gasteiger partial charge is 0.262 e. The highest BCUT2D eigenvalue weighted by molar-refractivity contribution is 7.92. The molecule has 0 spiro atoms. The molecule has 0 saturated carbocycles. The van der Waals surface area contributed by atoms with Gasteiger partial charge in [0.05, 0.1) is 21.2 Å². The van der Waals surface area contributed by atoms with E-state index in [9.17, 15) is 13.2 Å². The van der Waals surface area contributed by atoms with Crippen LogP contribution in [0.2, 0.25) is 5.02 Å². The number of rotatable bonds is 6. The summed E-state index contributed by atoms with van der Waals surface area (Å²) in [5, 5.41) is 3.13. The zero-order valence-corrected chi connectivity index (χ0v) is 19.8. The van der Waals surface area contributed by atoms with Gasteiger partial charge in [-0.3, -0.25) is 9.52 Å². The third-order valence-electron chi connectivity index (χ3n) is 5.54. The van der Waals surface area contributed by atoms with Crippen molar-refractivity contribution < 1.29 is 13.2 Å². The minimum atomic E-state index is -3.92. The van der Waals surface area contributed by atoms with Gasteiger partial charge in [0.2, 0.25) is 0 Å². The molecule has 2 aromatic carbocycles. The Morgan fingerprint density at radius 2 is 1.79 bits per heavy atom. The van der Waals surface area contributed by atoms with Crippen molar-refractivity contribution in [3.63, 3.8) is 0 Å². The molecule has 172 valence electrons. The van der Waals surface area contributed by atoms with Crippen molar-refractivity contribution >= 4 is 44.7 Å². The van der Waals surface area contributed by atoms with E-state index in [4.69, 9.17) is 11.6 Å².